The molecule has 0 unspecified atom stereocenters. The zero-order valence-corrected chi connectivity index (χ0v) is 12.5. The summed E-state index contributed by atoms with van der Waals surface area (Å²) in [7, 11) is 4.10. The molecule has 0 fully saturated rings. The van der Waals surface area contributed by atoms with Crippen molar-refractivity contribution in [2.75, 3.05) is 33.9 Å². The Kier molecular flexibility index (Phi) is 8.16. The van der Waals surface area contributed by atoms with Gasteiger partial charge in [0.1, 0.15) is 18.1 Å². The summed E-state index contributed by atoms with van der Waals surface area (Å²) in [4.78, 5) is 2.12. The zero-order chi connectivity index (χ0) is 11.4. The number of ether oxygens (including phenoxy) is 2. The molecule has 1 aromatic rings. The number of hydrogen-bond donors (Lipinski definition) is 0. The van der Waals surface area contributed by atoms with Crippen LogP contribution in [0.4, 0.5) is 0 Å². The van der Waals surface area contributed by atoms with Gasteiger partial charge in [0.15, 0.2) is 0 Å². The third-order valence-electron chi connectivity index (χ3n) is 2.71. The largest absolute Gasteiger partial charge is 0.493 e. The molecule has 104 valence electrons. The van der Waals surface area contributed by atoms with Crippen LogP contribution in [0.5, 0.6) is 11.5 Å². The number of benzene rings is 1. The summed E-state index contributed by atoms with van der Waals surface area (Å²) < 4.78 is 11.4. The molecule has 1 heterocycles. The van der Waals surface area contributed by atoms with Gasteiger partial charge in [-0.05, 0) is 39.1 Å². The lowest BCUT2D eigenvalue weighted by atomic mass is 10.1. The molecule has 0 aliphatic carbocycles. The van der Waals surface area contributed by atoms with Crippen molar-refractivity contribution < 1.29 is 9.47 Å². The SMILES string of the molecule is CN(C)CCOc1cccc2c1CCCO2.Cl.Cl. The first-order valence-corrected chi connectivity index (χ1v) is 5.79. The molecule has 0 saturated heterocycles. The molecule has 0 aromatic heterocycles. The molecule has 0 atom stereocenters. The Morgan fingerprint density at radius 3 is 2.78 bits per heavy atom. The van der Waals surface area contributed by atoms with E-state index in [2.05, 4.69) is 4.90 Å². The molecule has 18 heavy (non-hydrogen) atoms. The predicted octanol–water partition coefficient (Wildman–Crippen LogP) is 2.80. The highest BCUT2D eigenvalue weighted by Gasteiger charge is 2.14. The van der Waals surface area contributed by atoms with E-state index < -0.39 is 0 Å². The molecule has 5 heteroatoms. The first kappa shape index (κ1) is 17.4. The van der Waals surface area contributed by atoms with Crippen molar-refractivity contribution in [1.29, 1.82) is 0 Å². The Hall–Kier alpha value is -0.640. The van der Waals surface area contributed by atoms with E-state index in [1.165, 1.54) is 5.56 Å². The standard InChI is InChI=1S/C13H19NO2.2ClH/c1-14(2)8-10-16-13-7-3-6-12-11(13)5-4-9-15-12;;/h3,6-7H,4-5,8-10H2,1-2H3;2*1H. The van der Waals surface area contributed by atoms with Crippen LogP contribution in [0.15, 0.2) is 18.2 Å². The molecule has 0 amide bonds. The lowest BCUT2D eigenvalue weighted by Crippen LogP contribution is -2.20. The highest BCUT2D eigenvalue weighted by atomic mass is 35.5. The summed E-state index contributed by atoms with van der Waals surface area (Å²) in [6, 6.07) is 6.05. The van der Waals surface area contributed by atoms with Crippen molar-refractivity contribution in [2.45, 2.75) is 12.8 Å². The van der Waals surface area contributed by atoms with Crippen molar-refractivity contribution in [3.05, 3.63) is 23.8 Å². The Bertz CT molecular complexity index is 359. The summed E-state index contributed by atoms with van der Waals surface area (Å²) in [5.41, 5.74) is 1.23. The van der Waals surface area contributed by atoms with Crippen molar-refractivity contribution in [2.24, 2.45) is 0 Å². The normalized spacial score (nSPS) is 12.8. The van der Waals surface area contributed by atoms with Crippen LogP contribution in [0.1, 0.15) is 12.0 Å². The number of fused-ring (bicyclic) bond motifs is 1. The second-order valence-electron chi connectivity index (χ2n) is 4.34. The number of halogens is 2. The summed E-state index contributed by atoms with van der Waals surface area (Å²) in [6.07, 6.45) is 2.15. The van der Waals surface area contributed by atoms with E-state index in [-0.39, 0.29) is 24.8 Å². The van der Waals surface area contributed by atoms with E-state index in [1.54, 1.807) is 0 Å². The van der Waals surface area contributed by atoms with Crippen LogP contribution in [0.2, 0.25) is 0 Å². The van der Waals surface area contributed by atoms with Gasteiger partial charge in [0.25, 0.3) is 0 Å². The van der Waals surface area contributed by atoms with Crippen LogP contribution in [0.3, 0.4) is 0 Å². The molecule has 0 radical (unpaired) electrons. The zero-order valence-electron chi connectivity index (χ0n) is 10.8. The average Bonchev–Trinajstić information content (AvgIpc) is 2.29. The van der Waals surface area contributed by atoms with E-state index in [0.717, 1.165) is 44.1 Å². The lowest BCUT2D eigenvalue weighted by molar-refractivity contribution is 0.248. The van der Waals surface area contributed by atoms with E-state index in [4.69, 9.17) is 9.47 Å². The molecule has 1 aliphatic rings. The molecular formula is C13H21Cl2NO2. The van der Waals surface area contributed by atoms with Crippen LogP contribution in [-0.4, -0.2) is 38.8 Å². The van der Waals surface area contributed by atoms with Gasteiger partial charge in [-0.2, -0.15) is 0 Å². The highest BCUT2D eigenvalue weighted by molar-refractivity contribution is 5.85. The van der Waals surface area contributed by atoms with Gasteiger partial charge >= 0.3 is 0 Å². The Labute approximate surface area is 121 Å². The van der Waals surface area contributed by atoms with Crippen LogP contribution in [0, 0.1) is 0 Å². The average molecular weight is 294 g/mol. The number of hydrogen-bond acceptors (Lipinski definition) is 3. The maximum absolute atomic E-state index is 5.79. The summed E-state index contributed by atoms with van der Waals surface area (Å²) >= 11 is 0. The van der Waals surface area contributed by atoms with Gasteiger partial charge in [0.2, 0.25) is 0 Å². The predicted molar refractivity (Wildman–Crippen MR) is 78.8 cm³/mol. The van der Waals surface area contributed by atoms with Gasteiger partial charge < -0.3 is 14.4 Å². The van der Waals surface area contributed by atoms with Crippen LogP contribution < -0.4 is 9.47 Å². The molecule has 0 spiro atoms. The molecule has 1 aromatic carbocycles. The minimum atomic E-state index is 0. The molecule has 0 saturated carbocycles. The molecule has 2 rings (SSSR count). The van der Waals surface area contributed by atoms with Gasteiger partial charge in [-0.25, -0.2) is 0 Å². The van der Waals surface area contributed by atoms with E-state index in [9.17, 15) is 0 Å². The van der Waals surface area contributed by atoms with Gasteiger partial charge in [-0.15, -0.1) is 24.8 Å². The fraction of sp³-hybridized carbons (Fsp3) is 0.538. The molecular weight excluding hydrogens is 273 g/mol. The fourth-order valence-corrected chi connectivity index (χ4v) is 1.83. The Morgan fingerprint density at radius 1 is 1.28 bits per heavy atom. The fourth-order valence-electron chi connectivity index (χ4n) is 1.83. The molecule has 1 aliphatic heterocycles. The Balaban J connectivity index is 0.00000144. The summed E-state index contributed by atoms with van der Waals surface area (Å²) in [5, 5.41) is 0. The van der Waals surface area contributed by atoms with Gasteiger partial charge in [-0.3, -0.25) is 0 Å². The first-order chi connectivity index (χ1) is 7.77. The van der Waals surface area contributed by atoms with Gasteiger partial charge in [0.05, 0.1) is 6.61 Å². The minimum Gasteiger partial charge on any atom is -0.493 e. The van der Waals surface area contributed by atoms with Crippen LogP contribution in [-0.2, 0) is 6.42 Å². The molecule has 0 N–H and O–H groups in total. The minimum absolute atomic E-state index is 0. The van der Waals surface area contributed by atoms with Crippen molar-refractivity contribution >= 4 is 24.8 Å². The highest BCUT2D eigenvalue weighted by Crippen LogP contribution is 2.32. The van der Waals surface area contributed by atoms with Crippen LogP contribution in [0.25, 0.3) is 0 Å². The van der Waals surface area contributed by atoms with Gasteiger partial charge in [0, 0.05) is 12.1 Å². The van der Waals surface area contributed by atoms with Gasteiger partial charge in [-0.1, -0.05) is 6.07 Å². The van der Waals surface area contributed by atoms with E-state index >= 15 is 0 Å². The van der Waals surface area contributed by atoms with E-state index in [1.807, 2.05) is 32.3 Å². The lowest BCUT2D eigenvalue weighted by Gasteiger charge is -2.20. The van der Waals surface area contributed by atoms with Crippen LogP contribution >= 0.6 is 24.8 Å². The number of rotatable bonds is 4. The van der Waals surface area contributed by atoms with Crippen molar-refractivity contribution in [3.63, 3.8) is 0 Å². The molecule has 3 nitrogen and oxygen atoms in total. The van der Waals surface area contributed by atoms with Crippen molar-refractivity contribution in [1.82, 2.24) is 4.90 Å². The third kappa shape index (κ3) is 4.56. The third-order valence-corrected chi connectivity index (χ3v) is 2.71. The topological polar surface area (TPSA) is 21.7 Å². The Morgan fingerprint density at radius 2 is 2.06 bits per heavy atom. The van der Waals surface area contributed by atoms with Crippen molar-refractivity contribution in [3.8, 4) is 11.5 Å². The summed E-state index contributed by atoms with van der Waals surface area (Å²) in [6.45, 7) is 2.49. The smallest absolute Gasteiger partial charge is 0.126 e. The quantitative estimate of drug-likeness (QED) is 0.852. The number of nitrogens with zero attached hydrogens (tertiary/aromatic N) is 1. The second-order valence-corrected chi connectivity index (χ2v) is 4.34. The molecule has 0 bridgehead atoms. The summed E-state index contributed by atoms with van der Waals surface area (Å²) in [5.74, 6) is 1.98. The maximum atomic E-state index is 5.79. The first-order valence-electron chi connectivity index (χ1n) is 5.79. The monoisotopic (exact) mass is 293 g/mol. The second kappa shape index (κ2) is 8.46. The maximum Gasteiger partial charge on any atom is 0.126 e. The van der Waals surface area contributed by atoms with E-state index in [0.29, 0.717) is 0 Å². The number of likely N-dealkylation sites (N-methyl/N-ethyl adjacent to an activating group) is 1.